The normalized spacial score (nSPS) is 11.8. The largest absolute Gasteiger partial charge is 0.497 e. The van der Waals surface area contributed by atoms with E-state index in [0.29, 0.717) is 24.3 Å². The SMILES string of the molecule is CCCNC(=O)[C@@H](Cc1ccccc1)N(Cc1ccc(F)cc1)C(=O)CN(c1cccc(OC)c1)S(=O)(=O)c1ccccc1. The lowest BCUT2D eigenvalue weighted by Gasteiger charge is -2.34. The zero-order valence-corrected chi connectivity index (χ0v) is 25.5. The number of methoxy groups -OCH3 is 1. The molecule has 230 valence electrons. The Balaban J connectivity index is 1.79. The number of sulfonamides is 1. The summed E-state index contributed by atoms with van der Waals surface area (Å²) in [4.78, 5) is 29.4. The molecule has 44 heavy (non-hydrogen) atoms. The van der Waals surface area contributed by atoms with Crippen molar-refractivity contribution < 1.29 is 27.1 Å². The van der Waals surface area contributed by atoms with Crippen LogP contribution < -0.4 is 14.4 Å². The number of nitrogens with zero attached hydrogens (tertiary/aromatic N) is 2. The molecule has 0 fully saturated rings. The minimum absolute atomic E-state index is 0.00206. The maximum Gasteiger partial charge on any atom is 0.264 e. The number of benzene rings is 4. The van der Waals surface area contributed by atoms with E-state index in [1.165, 1.54) is 42.3 Å². The molecular formula is C34H36FN3O5S. The van der Waals surface area contributed by atoms with Gasteiger partial charge in [-0.15, -0.1) is 0 Å². The van der Waals surface area contributed by atoms with Crippen molar-refractivity contribution in [1.82, 2.24) is 10.2 Å². The van der Waals surface area contributed by atoms with Gasteiger partial charge in [-0.05, 0) is 53.9 Å². The molecule has 4 rings (SSSR count). The molecule has 1 N–H and O–H groups in total. The van der Waals surface area contributed by atoms with E-state index in [1.807, 2.05) is 37.3 Å². The molecule has 2 amide bonds. The fourth-order valence-corrected chi connectivity index (χ4v) is 6.15. The molecule has 0 unspecified atom stereocenters. The number of carbonyl (C=O) groups excluding carboxylic acids is 2. The van der Waals surface area contributed by atoms with Crippen LogP contribution in [0.4, 0.5) is 10.1 Å². The molecule has 0 aliphatic heterocycles. The molecule has 0 heterocycles. The van der Waals surface area contributed by atoms with E-state index in [-0.39, 0.29) is 29.5 Å². The van der Waals surface area contributed by atoms with Gasteiger partial charge in [-0.2, -0.15) is 0 Å². The van der Waals surface area contributed by atoms with Crippen molar-refractivity contribution in [3.63, 3.8) is 0 Å². The van der Waals surface area contributed by atoms with E-state index < -0.39 is 34.3 Å². The van der Waals surface area contributed by atoms with Gasteiger partial charge in [-0.3, -0.25) is 13.9 Å². The van der Waals surface area contributed by atoms with E-state index in [1.54, 1.807) is 48.5 Å². The highest BCUT2D eigenvalue weighted by atomic mass is 32.2. The summed E-state index contributed by atoms with van der Waals surface area (Å²) in [5.74, 6) is -1.01. The molecule has 0 radical (unpaired) electrons. The van der Waals surface area contributed by atoms with Gasteiger partial charge in [-0.1, -0.05) is 73.7 Å². The predicted molar refractivity (Wildman–Crippen MR) is 168 cm³/mol. The average molecular weight is 618 g/mol. The summed E-state index contributed by atoms with van der Waals surface area (Å²) >= 11 is 0. The summed E-state index contributed by atoms with van der Waals surface area (Å²) in [5, 5.41) is 2.90. The van der Waals surface area contributed by atoms with Gasteiger partial charge in [0, 0.05) is 25.6 Å². The van der Waals surface area contributed by atoms with Crippen molar-refractivity contribution in [3.05, 3.63) is 126 Å². The number of hydrogen-bond acceptors (Lipinski definition) is 5. The fraction of sp³-hybridized carbons (Fsp3) is 0.235. The number of anilines is 1. The van der Waals surface area contributed by atoms with Gasteiger partial charge in [0.05, 0.1) is 17.7 Å². The van der Waals surface area contributed by atoms with E-state index >= 15 is 0 Å². The first kappa shape index (κ1) is 32.2. The molecule has 0 saturated heterocycles. The van der Waals surface area contributed by atoms with Crippen LogP contribution in [0.15, 0.2) is 114 Å². The fourth-order valence-electron chi connectivity index (χ4n) is 4.72. The molecule has 0 aliphatic carbocycles. The minimum atomic E-state index is -4.23. The Morgan fingerprint density at radius 3 is 2.16 bits per heavy atom. The summed E-state index contributed by atoms with van der Waals surface area (Å²) in [6.45, 7) is 1.68. The van der Waals surface area contributed by atoms with Gasteiger partial charge in [0.25, 0.3) is 10.0 Å². The second-order valence-corrected chi connectivity index (χ2v) is 12.0. The molecule has 1 atom stereocenters. The van der Waals surface area contributed by atoms with E-state index in [2.05, 4.69) is 5.32 Å². The Morgan fingerprint density at radius 2 is 1.52 bits per heavy atom. The van der Waals surface area contributed by atoms with Crippen LogP contribution in [0, 0.1) is 5.82 Å². The third kappa shape index (κ3) is 8.23. The first-order chi connectivity index (χ1) is 21.2. The summed E-state index contributed by atoms with van der Waals surface area (Å²) in [7, 11) is -2.76. The third-order valence-electron chi connectivity index (χ3n) is 7.04. The Morgan fingerprint density at radius 1 is 0.864 bits per heavy atom. The number of halogens is 1. The van der Waals surface area contributed by atoms with Crippen molar-refractivity contribution in [1.29, 1.82) is 0 Å². The highest BCUT2D eigenvalue weighted by Crippen LogP contribution is 2.28. The first-order valence-electron chi connectivity index (χ1n) is 14.3. The van der Waals surface area contributed by atoms with Gasteiger partial charge in [0.15, 0.2) is 0 Å². The number of hydrogen-bond donors (Lipinski definition) is 1. The zero-order chi connectivity index (χ0) is 31.5. The maximum atomic E-state index is 14.4. The Kier molecular flexibility index (Phi) is 11.1. The van der Waals surface area contributed by atoms with Gasteiger partial charge < -0.3 is 15.0 Å². The highest BCUT2D eigenvalue weighted by molar-refractivity contribution is 7.92. The van der Waals surface area contributed by atoms with Gasteiger partial charge in [-0.25, -0.2) is 12.8 Å². The molecule has 0 spiro atoms. The second-order valence-electron chi connectivity index (χ2n) is 10.2. The monoisotopic (exact) mass is 617 g/mol. The third-order valence-corrected chi connectivity index (χ3v) is 8.83. The molecule has 4 aromatic rings. The molecule has 0 bridgehead atoms. The van der Waals surface area contributed by atoms with Crippen LogP contribution in [-0.2, 0) is 32.6 Å². The van der Waals surface area contributed by atoms with Gasteiger partial charge in [0.1, 0.15) is 24.2 Å². The molecule has 0 aliphatic rings. The molecule has 8 nitrogen and oxygen atoms in total. The van der Waals surface area contributed by atoms with E-state index in [9.17, 15) is 22.4 Å². The van der Waals surface area contributed by atoms with Crippen molar-refractivity contribution in [2.45, 2.75) is 37.2 Å². The molecule has 10 heteroatoms. The van der Waals surface area contributed by atoms with Crippen LogP contribution >= 0.6 is 0 Å². The lowest BCUT2D eigenvalue weighted by atomic mass is 10.0. The molecule has 0 saturated carbocycles. The zero-order valence-electron chi connectivity index (χ0n) is 24.7. The van der Waals surface area contributed by atoms with Crippen LogP contribution in [-0.4, -0.2) is 51.4 Å². The average Bonchev–Trinajstić information content (AvgIpc) is 3.05. The number of amides is 2. The molecule has 4 aromatic carbocycles. The van der Waals surface area contributed by atoms with Crippen molar-refractivity contribution in [3.8, 4) is 5.75 Å². The van der Waals surface area contributed by atoms with Crippen LogP contribution in [0.3, 0.4) is 0 Å². The standard InChI is InChI=1S/C34H36FN3O5S/c1-3-21-36-34(40)32(22-26-11-6-4-7-12-26)37(24-27-17-19-28(35)20-18-27)33(39)25-38(29-13-10-14-30(23-29)43-2)44(41,42)31-15-8-5-9-16-31/h4-20,23,32H,3,21-22,24-25H2,1-2H3,(H,36,40)/t32-/m1/s1. The smallest absolute Gasteiger partial charge is 0.264 e. The topological polar surface area (TPSA) is 96.0 Å². The summed E-state index contributed by atoms with van der Waals surface area (Å²) < 4.78 is 48.2. The minimum Gasteiger partial charge on any atom is -0.497 e. The van der Waals surface area contributed by atoms with Crippen LogP contribution in [0.5, 0.6) is 5.75 Å². The van der Waals surface area contributed by atoms with E-state index in [4.69, 9.17) is 4.74 Å². The predicted octanol–water partition coefficient (Wildman–Crippen LogP) is 5.20. The lowest BCUT2D eigenvalue weighted by molar-refractivity contribution is -0.140. The first-order valence-corrected chi connectivity index (χ1v) is 15.7. The summed E-state index contributed by atoms with van der Waals surface area (Å²) in [6.07, 6.45) is 0.878. The van der Waals surface area contributed by atoms with Crippen LogP contribution in [0.2, 0.25) is 0 Å². The van der Waals surface area contributed by atoms with Crippen LogP contribution in [0.25, 0.3) is 0 Å². The molecular weight excluding hydrogens is 581 g/mol. The number of carbonyl (C=O) groups is 2. The van der Waals surface area contributed by atoms with Crippen LogP contribution in [0.1, 0.15) is 24.5 Å². The Hall–Kier alpha value is -4.70. The van der Waals surface area contributed by atoms with Crippen molar-refractivity contribution >= 4 is 27.5 Å². The Labute approximate surface area is 258 Å². The second kappa shape index (κ2) is 15.2. The maximum absolute atomic E-state index is 14.4. The highest BCUT2D eigenvalue weighted by Gasteiger charge is 2.34. The van der Waals surface area contributed by atoms with Crippen molar-refractivity contribution in [2.75, 3.05) is 24.5 Å². The Bertz CT molecular complexity index is 1630. The van der Waals surface area contributed by atoms with Crippen molar-refractivity contribution in [2.24, 2.45) is 0 Å². The summed E-state index contributed by atoms with van der Waals surface area (Å²) in [5.41, 5.74) is 1.63. The number of rotatable bonds is 14. The number of nitrogens with one attached hydrogen (secondary N) is 1. The molecule has 0 aromatic heterocycles. The quantitative estimate of drug-likeness (QED) is 0.210. The number of ether oxygens (including phenoxy) is 1. The van der Waals surface area contributed by atoms with Gasteiger partial charge in [0.2, 0.25) is 11.8 Å². The van der Waals surface area contributed by atoms with Gasteiger partial charge >= 0.3 is 0 Å². The summed E-state index contributed by atoms with van der Waals surface area (Å²) in [6, 6.07) is 28.2. The lowest BCUT2D eigenvalue weighted by Crippen LogP contribution is -2.53. The van der Waals surface area contributed by atoms with E-state index in [0.717, 1.165) is 9.87 Å².